The molecule has 3 nitrogen and oxygen atoms in total. The van der Waals surface area contributed by atoms with Crippen molar-refractivity contribution in [1.82, 2.24) is 5.32 Å². The van der Waals surface area contributed by atoms with Gasteiger partial charge in [0.2, 0.25) is 6.41 Å². The maximum atomic E-state index is 10.3. The van der Waals surface area contributed by atoms with Gasteiger partial charge in [0.1, 0.15) is 0 Å². The van der Waals surface area contributed by atoms with Crippen LogP contribution in [0.25, 0.3) is 0 Å². The Bertz CT molecular complexity index is 330. The number of carbonyl (C=O) groups excluding carboxylic acids is 1. The minimum absolute atomic E-state index is 0.0417. The van der Waals surface area contributed by atoms with Crippen LogP contribution in [0.2, 0.25) is 0 Å². The highest BCUT2D eigenvalue weighted by Crippen LogP contribution is 2.04. The van der Waals surface area contributed by atoms with Crippen LogP contribution >= 0.6 is 0 Å². The third-order valence-corrected chi connectivity index (χ3v) is 2.73. The average Bonchev–Trinajstić information content (AvgIpc) is 2.39. The first kappa shape index (κ1) is 17.6. The molecular formula is C16H27NO2. The second-order valence-corrected chi connectivity index (χ2v) is 5.40. The van der Waals surface area contributed by atoms with E-state index in [4.69, 9.17) is 4.74 Å². The van der Waals surface area contributed by atoms with Crippen LogP contribution in [0, 0.1) is 0 Å². The van der Waals surface area contributed by atoms with Crippen molar-refractivity contribution in [2.24, 2.45) is 0 Å². The first-order valence-corrected chi connectivity index (χ1v) is 6.71. The first-order chi connectivity index (χ1) is 8.92. The molecule has 0 saturated heterocycles. The molecule has 1 amide bonds. The molecule has 0 aromatic heterocycles. The highest BCUT2D eigenvalue weighted by Gasteiger charge is 2.04. The van der Waals surface area contributed by atoms with E-state index >= 15 is 0 Å². The van der Waals surface area contributed by atoms with Crippen LogP contribution in [0.5, 0.6) is 0 Å². The molecule has 1 rings (SSSR count). The Balaban J connectivity index is 0.000000459. The number of nitrogens with one attached hydrogen (secondary N) is 1. The molecule has 1 unspecified atom stereocenters. The molecule has 0 heterocycles. The molecule has 0 bridgehead atoms. The van der Waals surface area contributed by atoms with Gasteiger partial charge in [0.15, 0.2) is 0 Å². The van der Waals surface area contributed by atoms with Gasteiger partial charge in [-0.2, -0.15) is 0 Å². The van der Waals surface area contributed by atoms with Crippen molar-refractivity contribution >= 4 is 6.41 Å². The van der Waals surface area contributed by atoms with Gasteiger partial charge in [-0.3, -0.25) is 4.79 Å². The highest BCUT2D eigenvalue weighted by molar-refractivity contribution is 5.46. The first-order valence-electron chi connectivity index (χ1n) is 6.71. The number of carbonyl (C=O) groups is 1. The molecular weight excluding hydrogens is 238 g/mol. The van der Waals surface area contributed by atoms with E-state index in [0.717, 1.165) is 19.3 Å². The lowest BCUT2D eigenvalue weighted by Crippen LogP contribution is -2.28. The van der Waals surface area contributed by atoms with Crippen molar-refractivity contribution in [1.29, 1.82) is 0 Å². The lowest BCUT2D eigenvalue weighted by molar-refractivity contribution is -0.110. The fourth-order valence-electron chi connectivity index (χ4n) is 1.32. The number of methoxy groups -OCH3 is 1. The van der Waals surface area contributed by atoms with Crippen LogP contribution < -0.4 is 5.32 Å². The Morgan fingerprint density at radius 2 is 1.79 bits per heavy atom. The molecule has 1 N–H and O–H groups in total. The minimum Gasteiger partial charge on any atom is -0.379 e. The molecule has 1 atom stereocenters. The Kier molecular flexibility index (Phi) is 8.88. The second-order valence-electron chi connectivity index (χ2n) is 5.40. The van der Waals surface area contributed by atoms with Crippen molar-refractivity contribution in [3.63, 3.8) is 0 Å². The van der Waals surface area contributed by atoms with E-state index in [-0.39, 0.29) is 11.6 Å². The number of benzene rings is 1. The maximum Gasteiger partial charge on any atom is 0.207 e. The molecule has 1 aromatic rings. The van der Waals surface area contributed by atoms with Gasteiger partial charge in [-0.1, -0.05) is 37.3 Å². The van der Waals surface area contributed by atoms with E-state index in [0.29, 0.717) is 0 Å². The summed E-state index contributed by atoms with van der Waals surface area (Å²) in [5, 5.41) is 2.80. The summed E-state index contributed by atoms with van der Waals surface area (Å²) < 4.78 is 4.94. The van der Waals surface area contributed by atoms with Crippen molar-refractivity contribution in [2.75, 3.05) is 7.11 Å². The van der Waals surface area contributed by atoms with E-state index in [1.807, 2.05) is 39.0 Å². The number of hydrogen-bond donors (Lipinski definition) is 1. The zero-order valence-corrected chi connectivity index (χ0v) is 12.8. The van der Waals surface area contributed by atoms with Gasteiger partial charge in [0.05, 0.1) is 5.60 Å². The molecule has 19 heavy (non-hydrogen) atoms. The van der Waals surface area contributed by atoms with Crippen LogP contribution in [0.15, 0.2) is 30.3 Å². The third-order valence-electron chi connectivity index (χ3n) is 2.73. The average molecular weight is 265 g/mol. The van der Waals surface area contributed by atoms with E-state index in [9.17, 15) is 4.79 Å². The summed E-state index contributed by atoms with van der Waals surface area (Å²) in [5.74, 6) is 0. The van der Waals surface area contributed by atoms with Gasteiger partial charge in [0, 0.05) is 13.2 Å². The zero-order chi connectivity index (χ0) is 14.7. The summed E-state index contributed by atoms with van der Waals surface area (Å²) in [6.07, 6.45) is 2.65. The van der Waals surface area contributed by atoms with Gasteiger partial charge in [-0.05, 0) is 39.2 Å². The van der Waals surface area contributed by atoms with Crippen molar-refractivity contribution in [3.8, 4) is 0 Å². The Hall–Kier alpha value is -1.35. The monoisotopic (exact) mass is 265 g/mol. The lowest BCUT2D eigenvalue weighted by Gasteiger charge is -2.14. The molecule has 0 aliphatic heterocycles. The van der Waals surface area contributed by atoms with Crippen molar-refractivity contribution in [3.05, 3.63) is 35.9 Å². The van der Waals surface area contributed by atoms with Gasteiger partial charge < -0.3 is 10.1 Å². The van der Waals surface area contributed by atoms with Crippen LogP contribution in [0.1, 0.15) is 39.7 Å². The molecule has 0 saturated carbocycles. The summed E-state index contributed by atoms with van der Waals surface area (Å²) in [4.78, 5) is 10.3. The topological polar surface area (TPSA) is 38.3 Å². The van der Waals surface area contributed by atoms with Crippen LogP contribution in [-0.4, -0.2) is 25.2 Å². The van der Waals surface area contributed by atoms with E-state index < -0.39 is 0 Å². The summed E-state index contributed by atoms with van der Waals surface area (Å²) in [7, 11) is 1.71. The minimum atomic E-state index is 0.0417. The number of ether oxygens (including phenoxy) is 1. The summed E-state index contributed by atoms with van der Waals surface area (Å²) in [6.45, 7) is 8.14. The molecule has 0 aliphatic rings. The fourth-order valence-corrected chi connectivity index (χ4v) is 1.32. The van der Waals surface area contributed by atoms with Crippen molar-refractivity contribution in [2.45, 2.75) is 52.2 Å². The van der Waals surface area contributed by atoms with E-state index in [2.05, 4.69) is 24.4 Å². The number of amides is 1. The standard InChI is InChI=1S/C11H15NO.C5H12O/c1-2-11(12-9-13)8-10-6-4-3-5-7-10;1-5(2,3)6-4/h3-7,9,11H,2,8H2,1H3,(H,12,13);1-4H3. The molecule has 0 spiro atoms. The summed E-state index contributed by atoms with van der Waals surface area (Å²) in [5.41, 5.74) is 1.31. The Labute approximate surface area is 117 Å². The largest absolute Gasteiger partial charge is 0.379 e. The van der Waals surface area contributed by atoms with Gasteiger partial charge in [-0.15, -0.1) is 0 Å². The van der Waals surface area contributed by atoms with Crippen LogP contribution in [-0.2, 0) is 16.0 Å². The molecule has 0 fully saturated rings. The number of hydrogen-bond acceptors (Lipinski definition) is 2. The van der Waals surface area contributed by atoms with E-state index in [1.165, 1.54) is 5.56 Å². The Morgan fingerprint density at radius 3 is 2.16 bits per heavy atom. The third kappa shape index (κ3) is 10.3. The molecule has 1 aromatic carbocycles. The molecule has 0 aliphatic carbocycles. The normalized spacial score (nSPS) is 12.1. The molecule has 108 valence electrons. The Morgan fingerprint density at radius 1 is 1.26 bits per heavy atom. The fraction of sp³-hybridized carbons (Fsp3) is 0.562. The van der Waals surface area contributed by atoms with Gasteiger partial charge in [-0.25, -0.2) is 0 Å². The van der Waals surface area contributed by atoms with E-state index in [1.54, 1.807) is 7.11 Å². The number of rotatable bonds is 5. The maximum absolute atomic E-state index is 10.3. The second kappa shape index (κ2) is 9.56. The zero-order valence-electron chi connectivity index (χ0n) is 12.8. The molecule has 3 heteroatoms. The quantitative estimate of drug-likeness (QED) is 0.830. The SMILES string of the molecule is CCC(Cc1ccccc1)NC=O.COC(C)(C)C. The highest BCUT2D eigenvalue weighted by atomic mass is 16.5. The van der Waals surface area contributed by atoms with Crippen LogP contribution in [0.3, 0.4) is 0 Å². The van der Waals surface area contributed by atoms with Gasteiger partial charge in [0.25, 0.3) is 0 Å². The van der Waals surface area contributed by atoms with Gasteiger partial charge >= 0.3 is 0 Å². The summed E-state index contributed by atoms with van der Waals surface area (Å²) in [6, 6.07) is 10.5. The predicted molar refractivity (Wildman–Crippen MR) is 80.2 cm³/mol. The summed E-state index contributed by atoms with van der Waals surface area (Å²) >= 11 is 0. The molecule has 0 radical (unpaired) electrons. The predicted octanol–water partition coefficient (Wildman–Crippen LogP) is 3.19. The van der Waals surface area contributed by atoms with Crippen LogP contribution in [0.4, 0.5) is 0 Å². The lowest BCUT2D eigenvalue weighted by atomic mass is 10.0. The smallest absolute Gasteiger partial charge is 0.207 e. The van der Waals surface area contributed by atoms with Crippen molar-refractivity contribution < 1.29 is 9.53 Å².